The molecule has 1 atom stereocenters. The Morgan fingerprint density at radius 2 is 1.75 bits per heavy atom. The molecule has 3 aromatic rings. The van der Waals surface area contributed by atoms with Crippen molar-refractivity contribution < 1.29 is 17.9 Å². The average molecular weight is 451 g/mol. The smallest absolute Gasteiger partial charge is 0.177 e. The number of sulfone groups is 1. The van der Waals surface area contributed by atoms with Gasteiger partial charge in [0.1, 0.15) is 13.2 Å². The van der Waals surface area contributed by atoms with Gasteiger partial charge in [-0.3, -0.25) is 9.88 Å². The minimum atomic E-state index is -3.28. The van der Waals surface area contributed by atoms with Crippen LogP contribution in [0.5, 0.6) is 11.5 Å². The molecular formula is C25H26N2O4S. The van der Waals surface area contributed by atoms with Gasteiger partial charge in [0, 0.05) is 36.8 Å². The Hall–Kier alpha value is -2.90. The lowest BCUT2D eigenvalue weighted by Gasteiger charge is -2.26. The highest BCUT2D eigenvalue weighted by atomic mass is 32.2. The number of fused-ring (bicyclic) bond motifs is 1. The van der Waals surface area contributed by atoms with Gasteiger partial charge in [0.25, 0.3) is 0 Å². The van der Waals surface area contributed by atoms with Gasteiger partial charge in [-0.05, 0) is 54.3 Å². The predicted octanol–water partition coefficient (Wildman–Crippen LogP) is 4.26. The fraction of sp³-hybridized carbons (Fsp3) is 0.320. The van der Waals surface area contributed by atoms with Crippen LogP contribution in [-0.4, -0.2) is 44.3 Å². The normalized spacial score (nSPS) is 18.6. The molecule has 2 aromatic carbocycles. The molecule has 0 saturated carbocycles. The number of hydrogen-bond acceptors (Lipinski definition) is 6. The molecule has 0 unspecified atom stereocenters. The van der Waals surface area contributed by atoms with Crippen LogP contribution < -0.4 is 9.47 Å². The largest absolute Gasteiger partial charge is 0.486 e. The van der Waals surface area contributed by atoms with Gasteiger partial charge >= 0.3 is 0 Å². The van der Waals surface area contributed by atoms with E-state index in [2.05, 4.69) is 34.1 Å². The highest BCUT2D eigenvalue weighted by molar-refractivity contribution is 7.90. The molecule has 0 aliphatic carbocycles. The second-order valence-electron chi connectivity index (χ2n) is 8.41. The molecule has 0 bridgehead atoms. The lowest BCUT2D eigenvalue weighted by atomic mass is 10.0. The van der Waals surface area contributed by atoms with Gasteiger partial charge in [0.15, 0.2) is 21.3 Å². The molecule has 0 amide bonds. The Bertz CT molecular complexity index is 1220. The van der Waals surface area contributed by atoms with Crippen molar-refractivity contribution in [1.29, 1.82) is 0 Å². The Morgan fingerprint density at radius 1 is 0.969 bits per heavy atom. The molecular weight excluding hydrogens is 424 g/mol. The summed E-state index contributed by atoms with van der Waals surface area (Å²) >= 11 is 0. The van der Waals surface area contributed by atoms with Crippen LogP contribution in [0, 0.1) is 0 Å². The fourth-order valence-corrected chi connectivity index (χ4v) is 5.07. The molecule has 0 N–H and O–H groups in total. The van der Waals surface area contributed by atoms with Gasteiger partial charge in [-0.15, -0.1) is 0 Å². The van der Waals surface area contributed by atoms with Gasteiger partial charge < -0.3 is 9.47 Å². The van der Waals surface area contributed by atoms with E-state index in [-0.39, 0.29) is 4.90 Å². The highest BCUT2D eigenvalue weighted by Gasteiger charge is 2.27. The summed E-state index contributed by atoms with van der Waals surface area (Å²) < 4.78 is 35.1. The fourth-order valence-electron chi connectivity index (χ4n) is 4.48. The van der Waals surface area contributed by atoms with Gasteiger partial charge in [-0.1, -0.05) is 30.3 Å². The van der Waals surface area contributed by atoms with E-state index in [1.54, 1.807) is 12.3 Å². The van der Waals surface area contributed by atoms with Crippen LogP contribution in [0.2, 0.25) is 0 Å². The highest BCUT2D eigenvalue weighted by Crippen LogP contribution is 2.38. The number of pyridine rings is 1. The number of hydrogen-bond donors (Lipinski definition) is 0. The first-order valence-electron chi connectivity index (χ1n) is 10.9. The maximum Gasteiger partial charge on any atom is 0.177 e. The van der Waals surface area contributed by atoms with E-state index in [0.29, 0.717) is 19.3 Å². The standard InChI is InChI=1S/C25H26N2O4S/c1-32(28,29)22-13-21(15-26-16-22)19-6-4-18(5-7-19)17-27-10-2-3-23(27)20-8-9-24-25(14-20)31-12-11-30-24/h4-9,13-16,23H,2-3,10-12,17H2,1H3/t23-/m0/s1. The van der Waals surface area contributed by atoms with Crippen LogP contribution in [0.3, 0.4) is 0 Å². The lowest BCUT2D eigenvalue weighted by Crippen LogP contribution is -2.23. The molecule has 1 saturated heterocycles. The molecule has 3 heterocycles. The number of aromatic nitrogens is 1. The molecule has 2 aliphatic rings. The topological polar surface area (TPSA) is 68.7 Å². The van der Waals surface area contributed by atoms with Crippen LogP contribution in [0.4, 0.5) is 0 Å². The van der Waals surface area contributed by atoms with Gasteiger partial charge in [0.2, 0.25) is 0 Å². The van der Waals surface area contributed by atoms with Gasteiger partial charge in [0.05, 0.1) is 4.90 Å². The lowest BCUT2D eigenvalue weighted by molar-refractivity contribution is 0.170. The van der Waals surface area contributed by atoms with Crippen molar-refractivity contribution in [3.05, 3.63) is 72.1 Å². The molecule has 166 valence electrons. The zero-order chi connectivity index (χ0) is 22.1. The first-order chi connectivity index (χ1) is 15.5. The SMILES string of the molecule is CS(=O)(=O)c1cncc(-c2ccc(CN3CCC[C@H]3c3ccc4c(c3)OCCO4)cc2)c1. The minimum absolute atomic E-state index is 0.235. The van der Waals surface area contributed by atoms with Crippen LogP contribution in [0.1, 0.15) is 30.0 Å². The molecule has 5 rings (SSSR count). The maximum atomic E-state index is 11.8. The number of ether oxygens (including phenoxy) is 2. The molecule has 0 spiro atoms. The number of rotatable bonds is 5. The monoisotopic (exact) mass is 450 g/mol. The Balaban J connectivity index is 1.32. The van der Waals surface area contributed by atoms with Gasteiger partial charge in [-0.25, -0.2) is 8.42 Å². The van der Waals surface area contributed by atoms with E-state index in [1.165, 1.54) is 30.0 Å². The molecule has 7 heteroatoms. The molecule has 1 fully saturated rings. The van der Waals surface area contributed by atoms with Crippen molar-refractivity contribution in [1.82, 2.24) is 9.88 Å². The van der Waals surface area contributed by atoms with Crippen LogP contribution in [0.15, 0.2) is 65.8 Å². The predicted molar refractivity (Wildman–Crippen MR) is 123 cm³/mol. The molecule has 0 radical (unpaired) electrons. The molecule has 2 aliphatic heterocycles. The van der Waals surface area contributed by atoms with E-state index in [0.717, 1.165) is 42.1 Å². The minimum Gasteiger partial charge on any atom is -0.486 e. The molecule has 32 heavy (non-hydrogen) atoms. The van der Waals surface area contributed by atoms with Crippen molar-refractivity contribution >= 4 is 9.84 Å². The number of benzene rings is 2. The second-order valence-corrected chi connectivity index (χ2v) is 10.4. The third-order valence-electron chi connectivity index (χ3n) is 6.13. The van der Waals surface area contributed by atoms with Crippen molar-refractivity contribution in [2.24, 2.45) is 0 Å². The van der Waals surface area contributed by atoms with E-state index in [1.807, 2.05) is 18.2 Å². The second kappa shape index (κ2) is 8.56. The van der Waals surface area contributed by atoms with Crippen LogP contribution in [0.25, 0.3) is 11.1 Å². The third-order valence-corrected chi connectivity index (χ3v) is 7.21. The van der Waals surface area contributed by atoms with E-state index < -0.39 is 9.84 Å². The summed E-state index contributed by atoms with van der Waals surface area (Å²) in [6.45, 7) is 3.12. The summed E-state index contributed by atoms with van der Waals surface area (Å²) in [4.78, 5) is 6.84. The first-order valence-corrected chi connectivity index (χ1v) is 12.7. The van der Waals surface area contributed by atoms with Crippen LogP contribution >= 0.6 is 0 Å². The third kappa shape index (κ3) is 4.36. The Kier molecular flexibility index (Phi) is 5.61. The first kappa shape index (κ1) is 21.0. The van der Waals surface area contributed by atoms with Crippen molar-refractivity contribution in [3.8, 4) is 22.6 Å². The van der Waals surface area contributed by atoms with E-state index >= 15 is 0 Å². The average Bonchev–Trinajstić information content (AvgIpc) is 3.27. The van der Waals surface area contributed by atoms with Crippen molar-refractivity contribution in [2.75, 3.05) is 26.0 Å². The van der Waals surface area contributed by atoms with Crippen LogP contribution in [-0.2, 0) is 16.4 Å². The summed E-state index contributed by atoms with van der Waals surface area (Å²) in [6, 6.07) is 16.6. The molecule has 6 nitrogen and oxygen atoms in total. The quantitative estimate of drug-likeness (QED) is 0.579. The number of likely N-dealkylation sites (tertiary alicyclic amines) is 1. The maximum absolute atomic E-state index is 11.8. The van der Waals surface area contributed by atoms with Crippen molar-refractivity contribution in [3.63, 3.8) is 0 Å². The van der Waals surface area contributed by atoms with E-state index in [9.17, 15) is 8.42 Å². The van der Waals surface area contributed by atoms with E-state index in [4.69, 9.17) is 9.47 Å². The van der Waals surface area contributed by atoms with Crippen molar-refractivity contribution in [2.45, 2.75) is 30.3 Å². The molecule has 1 aromatic heterocycles. The summed E-state index contributed by atoms with van der Waals surface area (Å²) in [5.74, 6) is 1.67. The zero-order valence-electron chi connectivity index (χ0n) is 18.0. The van der Waals surface area contributed by atoms with Gasteiger partial charge in [-0.2, -0.15) is 0 Å². The number of nitrogens with zero attached hydrogens (tertiary/aromatic N) is 2. The zero-order valence-corrected chi connectivity index (χ0v) is 18.8. The summed E-state index contributed by atoms with van der Waals surface area (Å²) in [7, 11) is -3.28. The Labute approximate surface area is 188 Å². The Morgan fingerprint density at radius 3 is 2.53 bits per heavy atom. The summed E-state index contributed by atoms with van der Waals surface area (Å²) in [6.07, 6.45) is 6.58. The summed E-state index contributed by atoms with van der Waals surface area (Å²) in [5.41, 5.74) is 4.25. The summed E-state index contributed by atoms with van der Waals surface area (Å²) in [5, 5.41) is 0.